The summed E-state index contributed by atoms with van der Waals surface area (Å²) in [6, 6.07) is 24.4. The van der Waals surface area contributed by atoms with Gasteiger partial charge in [0.05, 0.1) is 0 Å². The molecule has 0 heterocycles. The van der Waals surface area contributed by atoms with Gasteiger partial charge in [-0.05, 0) is 376 Å². The molecule has 0 unspecified atom stereocenters. The Bertz CT molecular complexity index is 2540. The monoisotopic (exact) mass is 981 g/mol. The van der Waals surface area contributed by atoms with Gasteiger partial charge in [0.2, 0.25) is 0 Å². The maximum atomic E-state index is 2.26. The molecule has 0 fully saturated rings. The van der Waals surface area contributed by atoms with Gasteiger partial charge in [-0.25, -0.2) is 0 Å². The Morgan fingerprint density at radius 3 is 0.397 bits per heavy atom. The Hall–Kier alpha value is -5.46. The number of hydrogen-bond donors (Lipinski definition) is 0. The summed E-state index contributed by atoms with van der Waals surface area (Å²) in [5.41, 5.74) is 43.9. The van der Waals surface area contributed by atoms with Crippen molar-refractivity contribution in [2.75, 3.05) is 0 Å². The highest BCUT2D eigenvalue weighted by atomic mass is 14.1. The maximum Gasteiger partial charge on any atom is -0.0392 e. The molecule has 0 heteroatoms. The minimum Gasteiger partial charge on any atom is -0.0588 e. The first-order valence-corrected chi connectivity index (χ1v) is 26.9. The summed E-state index contributed by atoms with van der Waals surface area (Å²) in [7, 11) is 0. The third-order valence-electron chi connectivity index (χ3n) is 17.0. The van der Waals surface area contributed by atoms with Gasteiger partial charge in [0.25, 0.3) is 0 Å². The predicted octanol–water partition coefficient (Wildman–Crippen LogP) is 21.4. The summed E-state index contributed by atoms with van der Waals surface area (Å²) >= 11 is 0. The van der Waals surface area contributed by atoms with Crippen molar-refractivity contribution in [3.05, 3.63) is 239 Å². The Morgan fingerprint density at radius 1 is 0.123 bits per heavy atom. The number of benzene rings is 7. The van der Waals surface area contributed by atoms with Crippen LogP contribution in [0.5, 0.6) is 0 Å². The van der Waals surface area contributed by atoms with Gasteiger partial charge >= 0.3 is 0 Å². The third kappa shape index (κ3) is 19.1. The molecule has 396 valence electrons. The second kappa shape index (κ2) is 29.4. The summed E-state index contributed by atoms with van der Waals surface area (Å²) in [4.78, 5) is 0. The lowest BCUT2D eigenvalue weighted by Gasteiger charge is -2.10. The van der Waals surface area contributed by atoms with Crippen molar-refractivity contribution in [3.63, 3.8) is 0 Å². The molecule has 0 saturated heterocycles. The molecular formula is C73H104. The second-order valence-electron chi connectivity index (χ2n) is 22.1. The van der Waals surface area contributed by atoms with E-state index in [1.807, 2.05) is 0 Å². The van der Waals surface area contributed by atoms with Gasteiger partial charge in [-0.15, -0.1) is 0 Å². The summed E-state index contributed by atoms with van der Waals surface area (Å²) in [6.07, 6.45) is 0. The molecule has 0 aliphatic carbocycles. The highest BCUT2D eigenvalue weighted by Gasteiger charge is 2.05. The van der Waals surface area contributed by atoms with E-state index in [2.05, 4.69) is 281 Å². The van der Waals surface area contributed by atoms with Gasteiger partial charge in [-0.2, -0.15) is 0 Å². The lowest BCUT2D eigenvalue weighted by atomic mass is 9.96. The van der Waals surface area contributed by atoms with Crippen molar-refractivity contribution in [2.45, 2.75) is 215 Å². The molecule has 0 amide bonds. The molecule has 7 aromatic carbocycles. The average Bonchev–Trinajstić information content (AvgIpc) is 3.33. The highest BCUT2D eigenvalue weighted by Crippen LogP contribution is 2.23. The second-order valence-corrected chi connectivity index (χ2v) is 22.1. The van der Waals surface area contributed by atoms with E-state index in [1.54, 1.807) is 0 Å². The molecule has 7 aromatic rings. The van der Waals surface area contributed by atoms with Crippen molar-refractivity contribution in [1.29, 1.82) is 0 Å². The standard InChI is InChI=1S/3C11H16.4C10H14/c3*1-7-6-8(2)10(4)11(5)9(7)3;2*1-7-5-8(2)10(4)9(3)6-7;2*1-7-5-6-8(2)10(4)9(7)3/h3*6H,1-5H3;4*5-6H,1-4H3. The van der Waals surface area contributed by atoms with E-state index < -0.39 is 0 Å². The lowest BCUT2D eigenvalue weighted by molar-refractivity contribution is 1.18. The van der Waals surface area contributed by atoms with Gasteiger partial charge in [-0.3, -0.25) is 0 Å². The fraction of sp³-hybridized carbons (Fsp3) is 0.425. The van der Waals surface area contributed by atoms with Crippen molar-refractivity contribution in [3.8, 4) is 0 Å². The van der Waals surface area contributed by atoms with Crippen LogP contribution in [0.25, 0.3) is 0 Å². The largest absolute Gasteiger partial charge is 0.0588 e. The number of hydrogen-bond acceptors (Lipinski definition) is 0. The molecule has 0 radical (unpaired) electrons. The summed E-state index contributed by atoms with van der Waals surface area (Å²) in [5, 5.41) is 0. The average molecular weight is 982 g/mol. The molecule has 0 nitrogen and oxygen atoms in total. The number of rotatable bonds is 0. The zero-order valence-electron chi connectivity index (χ0n) is 52.9. The van der Waals surface area contributed by atoms with Crippen molar-refractivity contribution < 1.29 is 0 Å². The van der Waals surface area contributed by atoms with E-state index in [9.17, 15) is 0 Å². The van der Waals surface area contributed by atoms with Crippen LogP contribution in [0.2, 0.25) is 0 Å². The molecule has 0 aromatic heterocycles. The Morgan fingerprint density at radius 2 is 0.247 bits per heavy atom. The predicted molar refractivity (Wildman–Crippen MR) is 332 cm³/mol. The van der Waals surface area contributed by atoms with Crippen LogP contribution in [0.15, 0.2) is 66.7 Å². The molecule has 0 atom stereocenters. The fourth-order valence-electron chi connectivity index (χ4n) is 8.93. The van der Waals surface area contributed by atoms with Gasteiger partial charge in [-0.1, -0.05) is 77.9 Å². The number of aryl methyl sites for hydroxylation is 16. The zero-order chi connectivity index (χ0) is 56.7. The molecule has 73 heavy (non-hydrogen) atoms. The van der Waals surface area contributed by atoms with E-state index in [0.717, 1.165) is 0 Å². The van der Waals surface area contributed by atoms with Gasteiger partial charge in [0, 0.05) is 0 Å². The minimum atomic E-state index is 1.36. The fourth-order valence-corrected chi connectivity index (χ4v) is 8.93. The van der Waals surface area contributed by atoms with Gasteiger partial charge < -0.3 is 0 Å². The molecule has 0 aliphatic rings. The Kier molecular flexibility index (Phi) is 26.4. The van der Waals surface area contributed by atoms with E-state index in [0.29, 0.717) is 0 Å². The highest BCUT2D eigenvalue weighted by molar-refractivity contribution is 5.46. The van der Waals surface area contributed by atoms with Crippen LogP contribution < -0.4 is 0 Å². The van der Waals surface area contributed by atoms with Crippen LogP contribution in [0, 0.1) is 215 Å². The molecule has 0 saturated carbocycles. The van der Waals surface area contributed by atoms with Crippen LogP contribution in [0.1, 0.15) is 172 Å². The SMILES string of the molecule is Cc1cc(C)c(C)c(C)c1.Cc1cc(C)c(C)c(C)c1.Cc1cc(C)c(C)c(C)c1C.Cc1cc(C)c(C)c(C)c1C.Cc1cc(C)c(C)c(C)c1C.Cc1ccc(C)c(C)c1C.Cc1ccc(C)c(C)c1C. The Labute approximate surface area is 451 Å². The van der Waals surface area contributed by atoms with Crippen LogP contribution in [-0.2, 0) is 0 Å². The lowest BCUT2D eigenvalue weighted by Crippen LogP contribution is -1.93. The van der Waals surface area contributed by atoms with E-state index in [-0.39, 0.29) is 0 Å². The molecule has 7 rings (SSSR count). The molecular weight excluding hydrogens is 877 g/mol. The minimum absolute atomic E-state index is 1.36. The molecule has 0 spiro atoms. The molecule has 0 aliphatic heterocycles. The van der Waals surface area contributed by atoms with Crippen LogP contribution >= 0.6 is 0 Å². The summed E-state index contributed by atoms with van der Waals surface area (Å²) in [5.74, 6) is 0. The first-order valence-electron chi connectivity index (χ1n) is 26.9. The van der Waals surface area contributed by atoms with E-state index in [4.69, 9.17) is 0 Å². The van der Waals surface area contributed by atoms with E-state index in [1.165, 1.54) is 172 Å². The smallest absolute Gasteiger partial charge is 0.0392 e. The van der Waals surface area contributed by atoms with Crippen LogP contribution in [-0.4, -0.2) is 0 Å². The van der Waals surface area contributed by atoms with Crippen molar-refractivity contribution in [2.24, 2.45) is 0 Å². The normalized spacial score (nSPS) is 10.1. The van der Waals surface area contributed by atoms with Crippen LogP contribution in [0.3, 0.4) is 0 Å². The molecule has 0 N–H and O–H groups in total. The summed E-state index contributed by atoms with van der Waals surface area (Å²) in [6.45, 7) is 67.4. The summed E-state index contributed by atoms with van der Waals surface area (Å²) < 4.78 is 0. The topological polar surface area (TPSA) is 0 Å². The first kappa shape index (κ1) is 65.6. The van der Waals surface area contributed by atoms with Crippen molar-refractivity contribution in [1.82, 2.24) is 0 Å². The maximum absolute atomic E-state index is 2.26. The van der Waals surface area contributed by atoms with E-state index >= 15 is 0 Å². The third-order valence-corrected chi connectivity index (χ3v) is 17.0. The Balaban J connectivity index is 0.000000426. The van der Waals surface area contributed by atoms with Crippen LogP contribution in [0.4, 0.5) is 0 Å². The molecule has 0 bridgehead atoms. The van der Waals surface area contributed by atoms with Gasteiger partial charge in [0.15, 0.2) is 0 Å². The van der Waals surface area contributed by atoms with Crippen molar-refractivity contribution >= 4 is 0 Å². The van der Waals surface area contributed by atoms with Gasteiger partial charge in [0.1, 0.15) is 0 Å². The zero-order valence-corrected chi connectivity index (χ0v) is 52.9. The quantitative estimate of drug-likeness (QED) is 0.142. The first-order chi connectivity index (χ1) is 33.6.